The second-order valence-corrected chi connectivity index (χ2v) is 6.31. The zero-order chi connectivity index (χ0) is 16.8. The number of carbonyl (C=O) groups is 1. The van der Waals surface area contributed by atoms with Crippen LogP contribution in [0.4, 0.5) is 0 Å². The number of hydrogen-bond acceptors (Lipinski definition) is 4. The lowest BCUT2D eigenvalue weighted by Gasteiger charge is -2.08. The summed E-state index contributed by atoms with van der Waals surface area (Å²) < 4.78 is 6.96. The molecule has 0 atom stereocenters. The van der Waals surface area contributed by atoms with Gasteiger partial charge >= 0.3 is 0 Å². The van der Waals surface area contributed by atoms with E-state index >= 15 is 0 Å². The number of nitrogens with one attached hydrogen (secondary N) is 1. The highest BCUT2D eigenvalue weighted by Crippen LogP contribution is 2.32. The third-order valence-electron chi connectivity index (χ3n) is 2.85. The second-order valence-electron chi connectivity index (χ2n) is 4.48. The first-order chi connectivity index (χ1) is 11.0. The lowest BCUT2D eigenvalue weighted by molar-refractivity contribution is 0.0955. The van der Waals surface area contributed by atoms with Gasteiger partial charge in [0.15, 0.2) is 11.5 Å². The summed E-state index contributed by atoms with van der Waals surface area (Å²) in [6, 6.07) is 10.2. The molecule has 0 unspecified atom stereocenters. The summed E-state index contributed by atoms with van der Waals surface area (Å²) in [5.41, 5.74) is 3.33. The Hall–Kier alpha value is -1.86. The summed E-state index contributed by atoms with van der Waals surface area (Å²) >= 11 is 6.64. The Morgan fingerprint density at radius 1 is 1.26 bits per heavy atom. The number of hydrogen-bond donors (Lipinski definition) is 2. The Morgan fingerprint density at radius 2 is 1.96 bits per heavy atom. The number of phenolic OH excluding ortho intramolecular Hbond substituents is 1. The second kappa shape index (κ2) is 8.12. The largest absolute Gasteiger partial charge is 0.504 e. The fourth-order valence-electron chi connectivity index (χ4n) is 1.78. The summed E-state index contributed by atoms with van der Waals surface area (Å²) in [6.45, 7) is 2.26. The molecule has 120 valence electrons. The SMILES string of the molecule is CCOc1cc(Br)cc(/C=N/NC(=O)c2ccc(Br)cc2)c1O. The predicted octanol–water partition coefficient (Wildman–Crippen LogP) is 4.08. The zero-order valence-corrected chi connectivity index (χ0v) is 15.4. The molecule has 0 bridgehead atoms. The van der Waals surface area contributed by atoms with Crippen LogP contribution < -0.4 is 10.2 Å². The van der Waals surface area contributed by atoms with Crippen molar-refractivity contribution in [2.24, 2.45) is 5.10 Å². The molecule has 0 heterocycles. The van der Waals surface area contributed by atoms with Gasteiger partial charge in [-0.05, 0) is 43.3 Å². The number of rotatable bonds is 5. The molecule has 0 aliphatic rings. The van der Waals surface area contributed by atoms with Crippen molar-refractivity contribution >= 4 is 44.0 Å². The molecular weight excluding hydrogens is 428 g/mol. The van der Waals surface area contributed by atoms with E-state index in [2.05, 4.69) is 42.4 Å². The van der Waals surface area contributed by atoms with Crippen LogP contribution in [-0.2, 0) is 0 Å². The van der Waals surface area contributed by atoms with E-state index in [4.69, 9.17) is 4.74 Å². The molecule has 0 radical (unpaired) electrons. The molecule has 0 aromatic heterocycles. The quantitative estimate of drug-likeness (QED) is 0.542. The average Bonchev–Trinajstić information content (AvgIpc) is 2.52. The van der Waals surface area contributed by atoms with E-state index in [-0.39, 0.29) is 11.7 Å². The van der Waals surface area contributed by atoms with Gasteiger partial charge in [-0.2, -0.15) is 5.10 Å². The van der Waals surface area contributed by atoms with Crippen LogP contribution >= 0.6 is 31.9 Å². The monoisotopic (exact) mass is 440 g/mol. The molecule has 1 amide bonds. The molecule has 2 aromatic rings. The number of benzene rings is 2. The van der Waals surface area contributed by atoms with Gasteiger partial charge in [-0.15, -0.1) is 0 Å². The fraction of sp³-hybridized carbons (Fsp3) is 0.125. The van der Waals surface area contributed by atoms with E-state index in [1.807, 2.05) is 6.92 Å². The van der Waals surface area contributed by atoms with Gasteiger partial charge < -0.3 is 9.84 Å². The number of hydrazone groups is 1. The van der Waals surface area contributed by atoms with Crippen LogP contribution in [0.5, 0.6) is 11.5 Å². The van der Waals surface area contributed by atoms with Crippen molar-refractivity contribution in [1.29, 1.82) is 0 Å². The molecule has 5 nitrogen and oxygen atoms in total. The highest BCUT2D eigenvalue weighted by Gasteiger charge is 2.09. The van der Waals surface area contributed by atoms with Crippen LogP contribution in [0.1, 0.15) is 22.8 Å². The molecule has 0 aliphatic heterocycles. The van der Waals surface area contributed by atoms with E-state index in [1.54, 1.807) is 36.4 Å². The van der Waals surface area contributed by atoms with Gasteiger partial charge in [-0.25, -0.2) is 5.43 Å². The molecule has 7 heteroatoms. The number of nitrogens with zero attached hydrogens (tertiary/aromatic N) is 1. The number of aromatic hydroxyl groups is 1. The normalized spacial score (nSPS) is 10.7. The van der Waals surface area contributed by atoms with Gasteiger partial charge in [-0.1, -0.05) is 31.9 Å². The third kappa shape index (κ3) is 4.80. The molecule has 2 rings (SSSR count). The van der Waals surface area contributed by atoms with E-state index in [1.165, 1.54) is 6.21 Å². The minimum Gasteiger partial charge on any atom is -0.504 e. The smallest absolute Gasteiger partial charge is 0.271 e. The van der Waals surface area contributed by atoms with Crippen molar-refractivity contribution < 1.29 is 14.6 Å². The molecule has 23 heavy (non-hydrogen) atoms. The molecule has 0 aliphatic carbocycles. The molecule has 0 saturated carbocycles. The predicted molar refractivity (Wildman–Crippen MR) is 96.2 cm³/mol. The third-order valence-corrected chi connectivity index (χ3v) is 3.83. The Balaban J connectivity index is 2.11. The minimum absolute atomic E-state index is 0.0308. The molecule has 0 fully saturated rings. The Kier molecular flexibility index (Phi) is 6.18. The highest BCUT2D eigenvalue weighted by molar-refractivity contribution is 9.10. The fourth-order valence-corrected chi connectivity index (χ4v) is 2.50. The molecule has 0 saturated heterocycles. The van der Waals surface area contributed by atoms with Crippen LogP contribution in [0.15, 0.2) is 50.4 Å². The van der Waals surface area contributed by atoms with Crippen molar-refractivity contribution in [2.75, 3.05) is 6.61 Å². The van der Waals surface area contributed by atoms with Gasteiger partial charge in [0.25, 0.3) is 5.91 Å². The topological polar surface area (TPSA) is 70.9 Å². The summed E-state index contributed by atoms with van der Waals surface area (Å²) in [7, 11) is 0. The maximum atomic E-state index is 11.9. The number of carbonyl (C=O) groups excluding carboxylic acids is 1. The maximum Gasteiger partial charge on any atom is 0.271 e. The summed E-state index contributed by atoms with van der Waals surface area (Å²) in [5.74, 6) is -0.0208. The van der Waals surface area contributed by atoms with Crippen molar-refractivity contribution in [3.8, 4) is 11.5 Å². The van der Waals surface area contributed by atoms with Crippen LogP contribution in [0.2, 0.25) is 0 Å². The van der Waals surface area contributed by atoms with Crippen molar-refractivity contribution in [1.82, 2.24) is 5.43 Å². The number of phenols is 1. The maximum absolute atomic E-state index is 11.9. The van der Waals surface area contributed by atoms with Gasteiger partial charge in [0.1, 0.15) is 0 Å². The van der Waals surface area contributed by atoms with Gasteiger partial charge in [0.2, 0.25) is 0 Å². The van der Waals surface area contributed by atoms with Crippen LogP contribution in [0.25, 0.3) is 0 Å². The lowest BCUT2D eigenvalue weighted by Crippen LogP contribution is -2.17. The Bertz CT molecular complexity index is 731. The lowest BCUT2D eigenvalue weighted by atomic mass is 10.2. The number of halogens is 2. The van der Waals surface area contributed by atoms with E-state index < -0.39 is 0 Å². The van der Waals surface area contributed by atoms with Crippen molar-refractivity contribution in [2.45, 2.75) is 6.92 Å². The van der Waals surface area contributed by atoms with Gasteiger partial charge in [0.05, 0.1) is 12.8 Å². The van der Waals surface area contributed by atoms with Crippen LogP contribution in [0.3, 0.4) is 0 Å². The summed E-state index contributed by atoms with van der Waals surface area (Å²) in [6.07, 6.45) is 1.36. The first-order valence-corrected chi connectivity index (χ1v) is 8.34. The minimum atomic E-state index is -0.340. The zero-order valence-electron chi connectivity index (χ0n) is 12.2. The summed E-state index contributed by atoms with van der Waals surface area (Å²) in [4.78, 5) is 11.9. The van der Waals surface area contributed by atoms with E-state index in [0.29, 0.717) is 23.5 Å². The first-order valence-electron chi connectivity index (χ1n) is 6.75. The average molecular weight is 442 g/mol. The van der Waals surface area contributed by atoms with Crippen molar-refractivity contribution in [3.63, 3.8) is 0 Å². The van der Waals surface area contributed by atoms with Crippen LogP contribution in [-0.4, -0.2) is 23.8 Å². The molecular formula is C16H14Br2N2O3. The van der Waals surface area contributed by atoms with E-state index in [9.17, 15) is 9.90 Å². The van der Waals surface area contributed by atoms with Gasteiger partial charge in [0, 0.05) is 20.1 Å². The molecule has 0 spiro atoms. The Labute approximate surface area is 150 Å². The van der Waals surface area contributed by atoms with Crippen LogP contribution in [0, 0.1) is 0 Å². The number of ether oxygens (including phenoxy) is 1. The molecule has 2 aromatic carbocycles. The van der Waals surface area contributed by atoms with E-state index in [0.717, 1.165) is 8.95 Å². The highest BCUT2D eigenvalue weighted by atomic mass is 79.9. The first kappa shape index (κ1) is 17.5. The summed E-state index contributed by atoms with van der Waals surface area (Å²) in [5, 5.41) is 14.0. The standard InChI is InChI=1S/C16H14Br2N2O3/c1-2-23-14-8-13(18)7-11(15(14)21)9-19-20-16(22)10-3-5-12(17)6-4-10/h3-9,21H,2H2,1H3,(H,20,22)/b19-9+. The number of amides is 1. The van der Waals surface area contributed by atoms with Crippen molar-refractivity contribution in [3.05, 3.63) is 56.5 Å². The van der Waals surface area contributed by atoms with Gasteiger partial charge in [-0.3, -0.25) is 4.79 Å². The molecule has 2 N–H and O–H groups in total. The Morgan fingerprint density at radius 3 is 2.61 bits per heavy atom.